The first-order valence-corrected chi connectivity index (χ1v) is 13.5. The number of carboxylic acid groups (broad SMARTS) is 1. The molecule has 0 aromatic rings. The van der Waals surface area contributed by atoms with Gasteiger partial charge in [0.25, 0.3) is 0 Å². The fourth-order valence-corrected chi connectivity index (χ4v) is 9.40. The van der Waals surface area contributed by atoms with Gasteiger partial charge in [-0.05, 0) is 98.4 Å². The number of fused-ring (bicyclic) bond motifs is 5. The zero-order chi connectivity index (χ0) is 25.3. The molecule has 4 aliphatic rings. The highest BCUT2D eigenvalue weighted by molar-refractivity contribution is 5.95. The van der Waals surface area contributed by atoms with E-state index >= 15 is 0 Å². The van der Waals surface area contributed by atoms with Crippen LogP contribution in [-0.2, 0) is 9.59 Å². The van der Waals surface area contributed by atoms with Crippen LogP contribution in [0.2, 0.25) is 0 Å². The van der Waals surface area contributed by atoms with Crippen molar-refractivity contribution in [3.05, 3.63) is 23.3 Å². The van der Waals surface area contributed by atoms with Crippen molar-refractivity contribution in [1.29, 1.82) is 0 Å². The van der Waals surface area contributed by atoms with Crippen LogP contribution in [0.25, 0.3) is 0 Å². The van der Waals surface area contributed by atoms with Crippen LogP contribution in [0.3, 0.4) is 0 Å². The minimum absolute atomic E-state index is 0.0332. The molecule has 190 valence electrons. The Kier molecular flexibility index (Phi) is 6.28. The largest absolute Gasteiger partial charge is 0.478 e. The second-order valence-electron chi connectivity index (χ2n) is 13.5. The first kappa shape index (κ1) is 25.7. The number of carbonyl (C=O) groups excluding carboxylic acids is 1. The molecule has 34 heavy (non-hydrogen) atoms. The van der Waals surface area contributed by atoms with E-state index in [9.17, 15) is 14.7 Å². The van der Waals surface area contributed by atoms with Gasteiger partial charge in [-0.25, -0.2) is 4.79 Å². The number of aliphatic hydroxyl groups excluding tert-OH is 1. The van der Waals surface area contributed by atoms with Gasteiger partial charge in [0.2, 0.25) is 0 Å². The third-order valence-corrected chi connectivity index (χ3v) is 11.7. The SMILES string of the molecule is C/C(=C/CC[C@H](C)[C@@H]1CC[C@]2(C)C3=CC(=O)[C@@H]4C(C)(C)[C@H](O)CC[C@]4(C)[C@H]3CC[C@@]12C)C(=O)O. The van der Waals surface area contributed by atoms with E-state index in [4.69, 9.17) is 5.11 Å². The predicted molar refractivity (Wildman–Crippen MR) is 135 cm³/mol. The minimum Gasteiger partial charge on any atom is -0.478 e. The lowest BCUT2D eigenvalue weighted by atomic mass is 9.40. The van der Waals surface area contributed by atoms with Crippen molar-refractivity contribution in [2.24, 2.45) is 45.3 Å². The van der Waals surface area contributed by atoms with Crippen LogP contribution in [0.5, 0.6) is 0 Å². The Hall–Kier alpha value is -1.42. The fourth-order valence-electron chi connectivity index (χ4n) is 9.40. The molecule has 8 atom stereocenters. The van der Waals surface area contributed by atoms with Gasteiger partial charge in [0, 0.05) is 16.9 Å². The van der Waals surface area contributed by atoms with E-state index < -0.39 is 12.1 Å². The van der Waals surface area contributed by atoms with E-state index in [0.29, 0.717) is 23.3 Å². The maximum atomic E-state index is 13.7. The second-order valence-corrected chi connectivity index (χ2v) is 13.5. The number of hydrogen-bond acceptors (Lipinski definition) is 3. The Morgan fingerprint density at radius 3 is 2.44 bits per heavy atom. The average molecular weight is 471 g/mol. The summed E-state index contributed by atoms with van der Waals surface area (Å²) in [6, 6.07) is 0. The molecule has 4 rings (SSSR count). The van der Waals surface area contributed by atoms with E-state index in [1.54, 1.807) is 6.92 Å². The lowest BCUT2D eigenvalue weighted by Gasteiger charge is -2.63. The van der Waals surface area contributed by atoms with Crippen molar-refractivity contribution < 1.29 is 19.8 Å². The number of carboxylic acids is 1. The molecule has 0 aliphatic heterocycles. The summed E-state index contributed by atoms with van der Waals surface area (Å²) >= 11 is 0. The summed E-state index contributed by atoms with van der Waals surface area (Å²) in [7, 11) is 0. The molecule has 4 aliphatic carbocycles. The Morgan fingerprint density at radius 1 is 1.12 bits per heavy atom. The molecule has 0 unspecified atom stereocenters. The maximum Gasteiger partial charge on any atom is 0.330 e. The van der Waals surface area contributed by atoms with Gasteiger partial charge in [-0.2, -0.15) is 0 Å². The van der Waals surface area contributed by atoms with Gasteiger partial charge >= 0.3 is 5.97 Å². The first-order valence-electron chi connectivity index (χ1n) is 13.5. The van der Waals surface area contributed by atoms with Gasteiger partial charge in [-0.3, -0.25) is 4.79 Å². The summed E-state index contributed by atoms with van der Waals surface area (Å²) in [4.78, 5) is 24.9. The molecule has 4 heteroatoms. The molecule has 0 bridgehead atoms. The number of ketones is 1. The molecule has 2 N–H and O–H groups in total. The standard InChI is InChI=1S/C30H46O4/c1-18(9-8-10-19(2)26(33)34)20-11-15-30(7)22-17-23(31)25-27(3,4)24(32)13-14-28(25,5)21(22)12-16-29(20,30)6/h10,17-18,20-21,24-25,32H,8-9,11-16H2,1-7H3,(H,33,34)/b19-10-/t18-,20-,21-,24+,25+,28+,29-,30+/m0/s1. The lowest BCUT2D eigenvalue weighted by molar-refractivity contribution is -0.157. The quantitative estimate of drug-likeness (QED) is 0.445. The van der Waals surface area contributed by atoms with Crippen LogP contribution in [0.4, 0.5) is 0 Å². The number of aliphatic hydroxyl groups is 1. The summed E-state index contributed by atoms with van der Waals surface area (Å²) in [6.45, 7) is 15.5. The molecule has 0 spiro atoms. The third kappa shape index (κ3) is 3.49. The van der Waals surface area contributed by atoms with Gasteiger partial charge in [-0.1, -0.05) is 53.2 Å². The van der Waals surface area contributed by atoms with E-state index in [1.165, 1.54) is 18.4 Å². The predicted octanol–water partition coefficient (Wildman–Crippen LogP) is 6.58. The van der Waals surface area contributed by atoms with Gasteiger partial charge in [0.1, 0.15) is 0 Å². The molecule has 0 aromatic carbocycles. The zero-order valence-corrected chi connectivity index (χ0v) is 22.4. The lowest BCUT2D eigenvalue weighted by Crippen LogP contribution is -2.60. The van der Waals surface area contributed by atoms with Gasteiger partial charge in [0.15, 0.2) is 5.78 Å². The highest BCUT2D eigenvalue weighted by Gasteiger charge is 2.66. The molecule has 0 amide bonds. The molecular formula is C30H46O4. The average Bonchev–Trinajstić information content (AvgIpc) is 3.02. The van der Waals surface area contributed by atoms with E-state index in [1.807, 2.05) is 12.2 Å². The highest BCUT2D eigenvalue weighted by atomic mass is 16.4. The summed E-state index contributed by atoms with van der Waals surface area (Å²) < 4.78 is 0. The van der Waals surface area contributed by atoms with Gasteiger partial charge in [0.05, 0.1) is 6.10 Å². The fraction of sp³-hybridized carbons (Fsp3) is 0.800. The molecule has 0 saturated heterocycles. The molecule has 4 nitrogen and oxygen atoms in total. The number of hydrogen-bond donors (Lipinski definition) is 2. The van der Waals surface area contributed by atoms with Gasteiger partial charge in [-0.15, -0.1) is 0 Å². The van der Waals surface area contributed by atoms with Crippen molar-refractivity contribution in [3.8, 4) is 0 Å². The number of aliphatic carboxylic acids is 1. The molecule has 3 fully saturated rings. The van der Waals surface area contributed by atoms with Crippen molar-refractivity contribution in [1.82, 2.24) is 0 Å². The Balaban J connectivity index is 1.63. The highest BCUT2D eigenvalue weighted by Crippen LogP contribution is 2.73. The smallest absolute Gasteiger partial charge is 0.330 e. The number of allylic oxidation sites excluding steroid dienone is 3. The molecular weight excluding hydrogens is 424 g/mol. The second kappa shape index (κ2) is 8.32. The summed E-state index contributed by atoms with van der Waals surface area (Å²) in [6.07, 6.45) is 11.7. The van der Waals surface area contributed by atoms with Crippen molar-refractivity contribution in [3.63, 3.8) is 0 Å². The van der Waals surface area contributed by atoms with Crippen LogP contribution < -0.4 is 0 Å². The van der Waals surface area contributed by atoms with E-state index in [-0.39, 0.29) is 33.4 Å². The monoisotopic (exact) mass is 470 g/mol. The first-order chi connectivity index (χ1) is 15.7. The summed E-state index contributed by atoms with van der Waals surface area (Å²) in [5.41, 5.74) is 1.58. The van der Waals surface area contributed by atoms with Crippen LogP contribution in [-0.4, -0.2) is 28.1 Å². The van der Waals surface area contributed by atoms with E-state index in [0.717, 1.165) is 38.5 Å². The van der Waals surface area contributed by atoms with E-state index in [2.05, 4.69) is 41.5 Å². The van der Waals surface area contributed by atoms with Crippen molar-refractivity contribution in [2.75, 3.05) is 0 Å². The molecule has 0 heterocycles. The summed E-state index contributed by atoms with van der Waals surface area (Å²) in [5.74, 6) is 0.844. The van der Waals surface area contributed by atoms with Crippen LogP contribution in [0.15, 0.2) is 23.3 Å². The van der Waals surface area contributed by atoms with Crippen molar-refractivity contribution >= 4 is 11.8 Å². The third-order valence-electron chi connectivity index (χ3n) is 11.7. The van der Waals surface area contributed by atoms with Crippen molar-refractivity contribution in [2.45, 2.75) is 106 Å². The topological polar surface area (TPSA) is 74.6 Å². The van der Waals surface area contributed by atoms with Crippen LogP contribution in [0.1, 0.15) is 99.8 Å². The minimum atomic E-state index is -0.828. The molecule has 3 saturated carbocycles. The molecule has 0 aromatic heterocycles. The summed E-state index contributed by atoms with van der Waals surface area (Å²) in [5, 5.41) is 19.9. The number of carbonyl (C=O) groups is 2. The Morgan fingerprint density at radius 2 is 1.79 bits per heavy atom. The Bertz CT molecular complexity index is 928. The zero-order valence-electron chi connectivity index (χ0n) is 22.4. The van der Waals surface area contributed by atoms with Crippen LogP contribution >= 0.6 is 0 Å². The maximum absolute atomic E-state index is 13.7. The normalized spacial score (nSPS) is 44.5. The molecule has 0 radical (unpaired) electrons. The number of rotatable bonds is 5. The van der Waals surface area contributed by atoms with Crippen LogP contribution in [0, 0.1) is 45.3 Å². The van der Waals surface area contributed by atoms with Gasteiger partial charge < -0.3 is 10.2 Å². The Labute approximate surface area is 206 Å².